The van der Waals surface area contributed by atoms with Crippen molar-refractivity contribution < 1.29 is 14.6 Å². The van der Waals surface area contributed by atoms with Crippen molar-refractivity contribution in [2.24, 2.45) is 5.92 Å². The summed E-state index contributed by atoms with van der Waals surface area (Å²) in [4.78, 5) is 17.1. The zero-order chi connectivity index (χ0) is 25.9. The molecule has 1 aliphatic heterocycles. The van der Waals surface area contributed by atoms with Crippen molar-refractivity contribution in [1.29, 1.82) is 0 Å². The average molecular weight is 497 g/mol. The van der Waals surface area contributed by atoms with Crippen molar-refractivity contribution in [1.82, 2.24) is 10.2 Å². The summed E-state index contributed by atoms with van der Waals surface area (Å²) in [6, 6.07) is 23.7. The number of hydrogen-bond donors (Lipinski definition) is 1. The third kappa shape index (κ3) is 5.07. The minimum Gasteiger partial charge on any atom is -0.507 e. The van der Waals surface area contributed by atoms with Crippen LogP contribution in [0, 0.1) is 5.92 Å². The average Bonchev–Trinajstić information content (AvgIpc) is 2.93. The molecular weight excluding hydrogens is 464 g/mol. The van der Waals surface area contributed by atoms with Crippen LogP contribution in [-0.4, -0.2) is 54.6 Å². The second-order valence-corrected chi connectivity index (χ2v) is 9.80. The van der Waals surface area contributed by atoms with Crippen LogP contribution in [0.4, 0.5) is 11.4 Å². The first-order valence-electron chi connectivity index (χ1n) is 12.7. The van der Waals surface area contributed by atoms with Crippen LogP contribution in [0.25, 0.3) is 22.2 Å². The van der Waals surface area contributed by atoms with Crippen molar-refractivity contribution in [3.8, 4) is 17.0 Å². The van der Waals surface area contributed by atoms with Gasteiger partial charge >= 0.3 is 5.97 Å². The highest BCUT2D eigenvalue weighted by Crippen LogP contribution is 2.31. The molecule has 1 saturated heterocycles. The number of hydrogen-bond acceptors (Lipinski definition) is 7. The summed E-state index contributed by atoms with van der Waals surface area (Å²) in [5, 5.41) is 19.9. The molecule has 2 heterocycles. The number of rotatable bonds is 6. The van der Waals surface area contributed by atoms with E-state index < -0.39 is 0 Å². The predicted molar refractivity (Wildman–Crippen MR) is 147 cm³/mol. The molecule has 190 valence electrons. The second-order valence-electron chi connectivity index (χ2n) is 9.80. The van der Waals surface area contributed by atoms with E-state index in [4.69, 9.17) is 4.74 Å². The van der Waals surface area contributed by atoms with E-state index in [1.807, 2.05) is 44.2 Å². The van der Waals surface area contributed by atoms with Crippen LogP contribution >= 0.6 is 0 Å². The summed E-state index contributed by atoms with van der Waals surface area (Å²) in [5.41, 5.74) is 5.41. The molecule has 37 heavy (non-hydrogen) atoms. The first-order valence-corrected chi connectivity index (χ1v) is 12.7. The van der Waals surface area contributed by atoms with Crippen LogP contribution in [0.1, 0.15) is 25.3 Å². The molecule has 7 nitrogen and oxygen atoms in total. The number of phenols is 1. The Morgan fingerprint density at radius 2 is 1.57 bits per heavy atom. The van der Waals surface area contributed by atoms with Gasteiger partial charge in [-0.2, -0.15) is 0 Å². The van der Waals surface area contributed by atoms with Crippen LogP contribution in [0.15, 0.2) is 72.8 Å². The van der Waals surface area contributed by atoms with E-state index in [0.717, 1.165) is 54.0 Å². The number of methoxy groups -OCH3 is 1. The Labute approximate surface area is 217 Å². The molecule has 0 spiro atoms. The van der Waals surface area contributed by atoms with Gasteiger partial charge in [-0.25, -0.2) is 0 Å². The maximum Gasteiger partial charge on any atom is 0.313 e. The topological polar surface area (TPSA) is 78.8 Å². The molecule has 5 rings (SSSR count). The number of carbonyl (C=O) groups is 1. The first-order chi connectivity index (χ1) is 17.9. The van der Waals surface area contributed by atoms with E-state index in [-0.39, 0.29) is 23.6 Å². The lowest BCUT2D eigenvalue weighted by Crippen LogP contribution is -2.46. The van der Waals surface area contributed by atoms with E-state index in [0.29, 0.717) is 11.3 Å². The molecule has 1 aliphatic rings. The molecule has 1 unspecified atom stereocenters. The van der Waals surface area contributed by atoms with Crippen LogP contribution < -0.4 is 9.80 Å². The van der Waals surface area contributed by atoms with E-state index in [9.17, 15) is 9.90 Å². The standard InChI is InChI=1S/C30H32N4O3/c1-20(2)29(30(36)37-3)22-7-6-8-23(17-22)33-13-15-34(16-14-33)24-12-11-21-18-27(32-31-26(21)19-24)25-9-4-5-10-28(25)35/h4-12,17-20,29,35H,13-16H2,1-3H3. The Kier molecular flexibility index (Phi) is 6.95. The van der Waals surface area contributed by atoms with Gasteiger partial charge in [0.2, 0.25) is 0 Å². The van der Waals surface area contributed by atoms with Gasteiger partial charge in [0.15, 0.2) is 0 Å². The zero-order valence-electron chi connectivity index (χ0n) is 21.5. The van der Waals surface area contributed by atoms with Gasteiger partial charge in [0, 0.05) is 48.5 Å². The van der Waals surface area contributed by atoms with Crippen LogP contribution in [0.3, 0.4) is 0 Å². The fourth-order valence-corrected chi connectivity index (χ4v) is 5.10. The van der Waals surface area contributed by atoms with Gasteiger partial charge in [0.1, 0.15) is 5.75 Å². The van der Waals surface area contributed by atoms with Gasteiger partial charge in [0.05, 0.1) is 24.2 Å². The number of anilines is 2. The highest BCUT2D eigenvalue weighted by atomic mass is 16.5. The molecule has 1 fully saturated rings. The molecule has 0 amide bonds. The molecule has 0 aliphatic carbocycles. The third-order valence-corrected chi connectivity index (χ3v) is 7.11. The minimum absolute atomic E-state index is 0.157. The van der Waals surface area contributed by atoms with E-state index >= 15 is 0 Å². The quantitative estimate of drug-likeness (QED) is 0.366. The van der Waals surface area contributed by atoms with Crippen molar-refractivity contribution in [2.75, 3.05) is 43.1 Å². The molecule has 1 atom stereocenters. The highest BCUT2D eigenvalue weighted by Gasteiger charge is 2.26. The summed E-state index contributed by atoms with van der Waals surface area (Å²) in [6.07, 6.45) is 0. The lowest BCUT2D eigenvalue weighted by Gasteiger charge is -2.37. The van der Waals surface area contributed by atoms with E-state index in [2.05, 4.69) is 50.3 Å². The monoisotopic (exact) mass is 496 g/mol. The fraction of sp³-hybridized carbons (Fsp3) is 0.300. The number of nitrogens with zero attached hydrogens (tertiary/aromatic N) is 4. The Morgan fingerprint density at radius 3 is 2.24 bits per heavy atom. The largest absolute Gasteiger partial charge is 0.507 e. The molecular formula is C30H32N4O3. The number of carbonyl (C=O) groups excluding carboxylic acids is 1. The third-order valence-electron chi connectivity index (χ3n) is 7.11. The summed E-state index contributed by atoms with van der Waals surface area (Å²) in [7, 11) is 1.45. The first kappa shape index (κ1) is 24.6. The lowest BCUT2D eigenvalue weighted by atomic mass is 9.88. The van der Waals surface area contributed by atoms with Crippen LogP contribution in [-0.2, 0) is 9.53 Å². The number of aromatic hydroxyl groups is 1. The normalized spacial score (nSPS) is 14.7. The van der Waals surface area contributed by atoms with E-state index in [1.54, 1.807) is 12.1 Å². The Bertz CT molecular complexity index is 1410. The van der Waals surface area contributed by atoms with Gasteiger partial charge in [0.25, 0.3) is 0 Å². The number of phenolic OH excluding ortho intramolecular Hbond substituents is 1. The predicted octanol–water partition coefficient (Wildman–Crippen LogP) is 5.24. The number of fused-ring (bicyclic) bond motifs is 1. The smallest absolute Gasteiger partial charge is 0.313 e. The Morgan fingerprint density at radius 1 is 0.865 bits per heavy atom. The maximum atomic E-state index is 12.4. The Balaban J connectivity index is 1.30. The van der Waals surface area contributed by atoms with Gasteiger partial charge in [-0.05, 0) is 53.9 Å². The summed E-state index contributed by atoms with van der Waals surface area (Å²) in [5.74, 6) is -0.105. The second kappa shape index (κ2) is 10.5. The fourth-order valence-electron chi connectivity index (χ4n) is 5.10. The molecule has 1 aromatic heterocycles. The van der Waals surface area contributed by atoms with Gasteiger partial charge in [-0.1, -0.05) is 44.2 Å². The summed E-state index contributed by atoms with van der Waals surface area (Å²) in [6.45, 7) is 7.61. The van der Waals surface area contributed by atoms with Gasteiger partial charge < -0.3 is 19.6 Å². The summed E-state index contributed by atoms with van der Waals surface area (Å²) >= 11 is 0. The number of para-hydroxylation sites is 1. The van der Waals surface area contributed by atoms with Gasteiger partial charge in [-0.3, -0.25) is 4.79 Å². The molecule has 0 bridgehead atoms. The number of ether oxygens (including phenoxy) is 1. The molecule has 7 heteroatoms. The van der Waals surface area contributed by atoms with Gasteiger partial charge in [-0.15, -0.1) is 10.2 Å². The zero-order valence-corrected chi connectivity index (χ0v) is 21.5. The molecule has 0 radical (unpaired) electrons. The maximum absolute atomic E-state index is 12.4. The molecule has 4 aromatic rings. The molecule has 0 saturated carbocycles. The number of piperazine rings is 1. The van der Waals surface area contributed by atoms with Crippen molar-refractivity contribution in [3.05, 3.63) is 78.4 Å². The van der Waals surface area contributed by atoms with Crippen molar-refractivity contribution in [3.63, 3.8) is 0 Å². The van der Waals surface area contributed by atoms with E-state index in [1.165, 1.54) is 7.11 Å². The number of esters is 1. The minimum atomic E-state index is -0.267. The summed E-state index contributed by atoms with van der Waals surface area (Å²) < 4.78 is 5.06. The van der Waals surface area contributed by atoms with Crippen molar-refractivity contribution >= 4 is 28.2 Å². The lowest BCUT2D eigenvalue weighted by molar-refractivity contribution is -0.143. The molecule has 3 aromatic carbocycles. The Hall–Kier alpha value is -4.13. The van der Waals surface area contributed by atoms with Crippen LogP contribution in [0.2, 0.25) is 0 Å². The SMILES string of the molecule is COC(=O)C(c1cccc(N2CCN(c3ccc4cc(-c5ccccc5O)nnc4c3)CC2)c1)C(C)C. The number of benzene rings is 3. The number of aromatic nitrogens is 2. The highest BCUT2D eigenvalue weighted by molar-refractivity contribution is 5.85. The van der Waals surface area contributed by atoms with Crippen molar-refractivity contribution in [2.45, 2.75) is 19.8 Å². The molecule has 1 N–H and O–H groups in total. The van der Waals surface area contributed by atoms with Crippen LogP contribution in [0.5, 0.6) is 5.75 Å².